The Morgan fingerprint density at radius 2 is 1.84 bits per heavy atom. The Morgan fingerprint density at radius 1 is 1.08 bits per heavy atom. The SMILES string of the molecule is CC[C@H](C)c1nc2ccc(Br)cc2c(=O)n1N=Cc1cc(Br)c(OCc2ccc3c(c2)OCO3)c(Br)c1. The molecule has 0 radical (unpaired) electrons. The lowest BCUT2D eigenvalue weighted by Gasteiger charge is -2.14. The molecule has 4 aromatic rings. The van der Waals surface area contributed by atoms with Crippen molar-refractivity contribution in [3.63, 3.8) is 0 Å². The molecule has 37 heavy (non-hydrogen) atoms. The van der Waals surface area contributed by atoms with E-state index in [0.29, 0.717) is 34.8 Å². The zero-order valence-electron chi connectivity index (χ0n) is 20.0. The largest absolute Gasteiger partial charge is 0.487 e. The number of hydrogen-bond donors (Lipinski definition) is 0. The van der Waals surface area contributed by atoms with Crippen LogP contribution in [0.25, 0.3) is 10.9 Å². The number of fused-ring (bicyclic) bond motifs is 2. The molecule has 1 atom stereocenters. The van der Waals surface area contributed by atoms with Crippen LogP contribution in [0.4, 0.5) is 0 Å². The van der Waals surface area contributed by atoms with Crippen LogP contribution in [0, 0.1) is 0 Å². The van der Waals surface area contributed by atoms with E-state index in [1.54, 1.807) is 12.3 Å². The first-order chi connectivity index (χ1) is 17.8. The summed E-state index contributed by atoms with van der Waals surface area (Å²) >= 11 is 10.7. The average Bonchev–Trinajstić information content (AvgIpc) is 3.35. The first-order valence-electron chi connectivity index (χ1n) is 11.6. The molecule has 0 aliphatic carbocycles. The first kappa shape index (κ1) is 25.9. The molecule has 0 saturated heterocycles. The number of rotatable bonds is 7. The average molecular weight is 692 g/mol. The van der Waals surface area contributed by atoms with Crippen molar-refractivity contribution in [2.75, 3.05) is 6.79 Å². The minimum absolute atomic E-state index is 0.0586. The Bertz CT molecular complexity index is 1560. The summed E-state index contributed by atoms with van der Waals surface area (Å²) in [7, 11) is 0. The minimum Gasteiger partial charge on any atom is -0.487 e. The summed E-state index contributed by atoms with van der Waals surface area (Å²) in [6.45, 7) is 4.69. The van der Waals surface area contributed by atoms with Crippen molar-refractivity contribution < 1.29 is 14.2 Å². The van der Waals surface area contributed by atoms with E-state index >= 15 is 0 Å². The fourth-order valence-corrected chi connectivity index (χ4v) is 5.69. The van der Waals surface area contributed by atoms with Crippen molar-refractivity contribution in [2.24, 2.45) is 5.10 Å². The van der Waals surface area contributed by atoms with Gasteiger partial charge in [-0.05, 0) is 91.9 Å². The van der Waals surface area contributed by atoms with Crippen molar-refractivity contribution >= 4 is 64.9 Å². The van der Waals surface area contributed by atoms with Crippen LogP contribution in [0.15, 0.2) is 71.8 Å². The van der Waals surface area contributed by atoms with Gasteiger partial charge in [0.25, 0.3) is 5.56 Å². The summed E-state index contributed by atoms with van der Waals surface area (Å²) in [5, 5.41) is 5.06. The third-order valence-corrected chi connectivity index (χ3v) is 7.72. The van der Waals surface area contributed by atoms with Gasteiger partial charge < -0.3 is 14.2 Å². The van der Waals surface area contributed by atoms with Crippen molar-refractivity contribution in [3.8, 4) is 17.2 Å². The maximum absolute atomic E-state index is 13.4. The molecular weight excluding hydrogens is 670 g/mol. The molecule has 5 rings (SSSR count). The standard InChI is InChI=1S/C27H22Br3N3O4/c1-3-15(2)26-32-22-6-5-18(28)11-19(22)27(34)33(26)31-12-17-8-20(29)25(21(30)9-17)35-13-16-4-7-23-24(10-16)37-14-36-23/h4-12,15H,3,13-14H2,1-2H3/t15-/m0/s1. The van der Waals surface area contributed by atoms with E-state index in [2.05, 4.69) is 59.8 Å². The van der Waals surface area contributed by atoms with Gasteiger partial charge in [-0.15, -0.1) is 0 Å². The van der Waals surface area contributed by atoms with E-state index < -0.39 is 0 Å². The molecule has 0 unspecified atom stereocenters. The summed E-state index contributed by atoms with van der Waals surface area (Å²) in [5.74, 6) is 2.79. The third-order valence-electron chi connectivity index (χ3n) is 6.05. The van der Waals surface area contributed by atoms with Gasteiger partial charge in [0.2, 0.25) is 6.79 Å². The van der Waals surface area contributed by atoms with Crippen LogP contribution in [-0.2, 0) is 6.61 Å². The zero-order valence-corrected chi connectivity index (χ0v) is 24.8. The monoisotopic (exact) mass is 689 g/mol. The van der Waals surface area contributed by atoms with E-state index in [-0.39, 0.29) is 18.3 Å². The maximum Gasteiger partial charge on any atom is 0.282 e. The molecule has 0 spiro atoms. The highest BCUT2D eigenvalue weighted by atomic mass is 79.9. The first-order valence-corrected chi connectivity index (χ1v) is 14.0. The molecule has 0 amide bonds. The van der Waals surface area contributed by atoms with Gasteiger partial charge in [0.05, 0.1) is 26.1 Å². The number of benzene rings is 3. The molecule has 1 aliphatic heterocycles. The lowest BCUT2D eigenvalue weighted by atomic mass is 10.1. The van der Waals surface area contributed by atoms with Crippen molar-refractivity contribution in [1.29, 1.82) is 0 Å². The van der Waals surface area contributed by atoms with Crippen LogP contribution in [-0.4, -0.2) is 22.7 Å². The Labute approximate surface area is 238 Å². The summed E-state index contributed by atoms with van der Waals surface area (Å²) in [4.78, 5) is 18.1. The molecule has 3 aromatic carbocycles. The number of aromatic nitrogens is 2. The minimum atomic E-state index is -0.209. The van der Waals surface area contributed by atoms with Crippen LogP contribution < -0.4 is 19.8 Å². The molecule has 1 aliphatic rings. The summed E-state index contributed by atoms with van der Waals surface area (Å²) < 4.78 is 20.6. The number of halogens is 3. The molecule has 2 heterocycles. The second kappa shape index (κ2) is 11.0. The van der Waals surface area contributed by atoms with Gasteiger partial charge in [0.1, 0.15) is 18.2 Å². The summed E-state index contributed by atoms with van der Waals surface area (Å²) in [6.07, 6.45) is 2.48. The van der Waals surface area contributed by atoms with Crippen LogP contribution >= 0.6 is 47.8 Å². The van der Waals surface area contributed by atoms with Gasteiger partial charge in [0.15, 0.2) is 11.5 Å². The van der Waals surface area contributed by atoms with Crippen LogP contribution in [0.2, 0.25) is 0 Å². The lowest BCUT2D eigenvalue weighted by Crippen LogP contribution is -2.23. The highest BCUT2D eigenvalue weighted by molar-refractivity contribution is 9.11. The molecule has 10 heteroatoms. The lowest BCUT2D eigenvalue weighted by molar-refractivity contribution is 0.174. The second-order valence-electron chi connectivity index (χ2n) is 8.59. The Kier molecular flexibility index (Phi) is 7.69. The molecule has 0 N–H and O–H groups in total. The highest BCUT2D eigenvalue weighted by Gasteiger charge is 2.17. The van der Waals surface area contributed by atoms with Gasteiger partial charge in [-0.3, -0.25) is 4.79 Å². The summed E-state index contributed by atoms with van der Waals surface area (Å²) in [6, 6.07) is 15.0. The van der Waals surface area contributed by atoms with Crippen LogP contribution in [0.1, 0.15) is 43.1 Å². The second-order valence-corrected chi connectivity index (χ2v) is 11.2. The van der Waals surface area contributed by atoms with Gasteiger partial charge in [0, 0.05) is 10.4 Å². The molecule has 1 aromatic heterocycles. The molecular formula is C27H22Br3N3O4. The molecule has 0 fully saturated rings. The van der Waals surface area contributed by atoms with Crippen molar-refractivity contribution in [3.05, 3.63) is 89.3 Å². The van der Waals surface area contributed by atoms with E-state index in [1.165, 1.54) is 4.68 Å². The van der Waals surface area contributed by atoms with Gasteiger partial charge >= 0.3 is 0 Å². The highest BCUT2D eigenvalue weighted by Crippen LogP contribution is 2.36. The fourth-order valence-electron chi connectivity index (χ4n) is 3.88. The molecule has 0 saturated carbocycles. The Morgan fingerprint density at radius 3 is 2.59 bits per heavy atom. The number of ether oxygens (including phenoxy) is 3. The normalized spacial score (nSPS) is 13.4. The fraction of sp³-hybridized carbons (Fsp3) is 0.222. The Hall–Kier alpha value is -2.69. The Balaban J connectivity index is 1.43. The topological polar surface area (TPSA) is 74.9 Å². The van der Waals surface area contributed by atoms with E-state index in [9.17, 15) is 4.79 Å². The number of nitrogens with zero attached hydrogens (tertiary/aromatic N) is 3. The predicted octanol–water partition coefficient (Wildman–Crippen LogP) is 7.39. The van der Waals surface area contributed by atoms with Crippen LogP contribution in [0.3, 0.4) is 0 Å². The molecule has 7 nitrogen and oxygen atoms in total. The van der Waals surface area contributed by atoms with E-state index in [1.807, 2.05) is 49.4 Å². The van der Waals surface area contributed by atoms with Crippen LogP contribution in [0.5, 0.6) is 17.2 Å². The van der Waals surface area contributed by atoms with Crippen molar-refractivity contribution in [1.82, 2.24) is 9.66 Å². The number of hydrogen-bond acceptors (Lipinski definition) is 6. The third kappa shape index (κ3) is 5.46. The predicted molar refractivity (Wildman–Crippen MR) is 154 cm³/mol. The maximum atomic E-state index is 13.4. The molecule has 0 bridgehead atoms. The zero-order chi connectivity index (χ0) is 26.1. The van der Waals surface area contributed by atoms with Gasteiger partial charge in [-0.25, -0.2) is 4.98 Å². The molecule has 190 valence electrons. The van der Waals surface area contributed by atoms with Gasteiger partial charge in [-0.1, -0.05) is 35.8 Å². The van der Waals surface area contributed by atoms with E-state index in [0.717, 1.165) is 36.7 Å². The summed E-state index contributed by atoms with van der Waals surface area (Å²) in [5.41, 5.74) is 2.19. The van der Waals surface area contributed by atoms with Gasteiger partial charge in [-0.2, -0.15) is 9.78 Å². The van der Waals surface area contributed by atoms with Crippen molar-refractivity contribution in [2.45, 2.75) is 32.8 Å². The quantitative estimate of drug-likeness (QED) is 0.189. The van der Waals surface area contributed by atoms with E-state index in [4.69, 9.17) is 19.2 Å². The smallest absolute Gasteiger partial charge is 0.282 e.